The number of fused-ring (bicyclic) bond motifs is 1. The Hall–Kier alpha value is -2.20. The third kappa shape index (κ3) is 3.11. The van der Waals surface area contributed by atoms with Crippen LogP contribution in [0.2, 0.25) is 0 Å². The van der Waals surface area contributed by atoms with Crippen molar-refractivity contribution in [3.05, 3.63) is 65.1 Å². The summed E-state index contributed by atoms with van der Waals surface area (Å²) in [6.07, 6.45) is 2.88. The maximum atomic E-state index is 4.24. The summed E-state index contributed by atoms with van der Waals surface area (Å²) in [7, 11) is 0. The molecule has 0 aliphatic rings. The van der Waals surface area contributed by atoms with E-state index in [-0.39, 0.29) is 0 Å². The zero-order valence-electron chi connectivity index (χ0n) is 12.5. The largest absolute Gasteiger partial charge is 0.312 e. The Kier molecular flexibility index (Phi) is 3.97. The summed E-state index contributed by atoms with van der Waals surface area (Å²) in [5.41, 5.74) is 4.91. The zero-order chi connectivity index (χ0) is 14.7. The predicted molar refractivity (Wildman–Crippen MR) is 84.3 cm³/mol. The van der Waals surface area contributed by atoms with Gasteiger partial charge in [0, 0.05) is 25.7 Å². The molecule has 3 aromatic rings. The summed E-state index contributed by atoms with van der Waals surface area (Å²) < 4.78 is 2.04. The SMILES string of the molecule is Cc1ccc(C)c(CNCCc2nnc3ccccn23)c1. The van der Waals surface area contributed by atoms with Gasteiger partial charge in [-0.1, -0.05) is 29.8 Å². The molecule has 0 aliphatic heterocycles. The molecule has 2 heterocycles. The molecule has 0 saturated heterocycles. The fourth-order valence-corrected chi connectivity index (χ4v) is 2.48. The molecule has 0 spiro atoms. The number of nitrogens with one attached hydrogen (secondary N) is 1. The number of pyridine rings is 1. The van der Waals surface area contributed by atoms with Gasteiger partial charge in [0.25, 0.3) is 0 Å². The van der Waals surface area contributed by atoms with Gasteiger partial charge in [-0.25, -0.2) is 0 Å². The van der Waals surface area contributed by atoms with Crippen molar-refractivity contribution in [3.63, 3.8) is 0 Å². The van der Waals surface area contributed by atoms with Crippen LogP contribution in [0.3, 0.4) is 0 Å². The minimum absolute atomic E-state index is 0.871. The van der Waals surface area contributed by atoms with Gasteiger partial charge in [0.15, 0.2) is 5.65 Å². The van der Waals surface area contributed by atoms with Gasteiger partial charge < -0.3 is 5.32 Å². The average Bonchev–Trinajstić information content (AvgIpc) is 2.90. The lowest BCUT2D eigenvalue weighted by Crippen LogP contribution is -2.18. The molecule has 2 aromatic heterocycles. The molecule has 3 rings (SSSR count). The Morgan fingerprint density at radius 1 is 1.10 bits per heavy atom. The first-order valence-corrected chi connectivity index (χ1v) is 7.29. The number of hydrogen-bond acceptors (Lipinski definition) is 3. The van der Waals surface area contributed by atoms with E-state index in [9.17, 15) is 0 Å². The molecule has 0 unspecified atom stereocenters. The van der Waals surface area contributed by atoms with Crippen LogP contribution in [0, 0.1) is 13.8 Å². The van der Waals surface area contributed by atoms with Crippen LogP contribution in [-0.2, 0) is 13.0 Å². The second-order valence-electron chi connectivity index (χ2n) is 5.40. The summed E-state index contributed by atoms with van der Waals surface area (Å²) in [4.78, 5) is 0. The minimum Gasteiger partial charge on any atom is -0.312 e. The van der Waals surface area contributed by atoms with Crippen molar-refractivity contribution in [2.24, 2.45) is 0 Å². The Morgan fingerprint density at radius 2 is 2.00 bits per heavy atom. The van der Waals surface area contributed by atoms with E-state index < -0.39 is 0 Å². The van der Waals surface area contributed by atoms with Gasteiger partial charge in [0.1, 0.15) is 5.82 Å². The van der Waals surface area contributed by atoms with Gasteiger partial charge in [0.2, 0.25) is 0 Å². The summed E-state index contributed by atoms with van der Waals surface area (Å²) in [5.74, 6) is 0.999. The highest BCUT2D eigenvalue weighted by Gasteiger charge is 2.04. The molecule has 0 radical (unpaired) electrons. The zero-order valence-corrected chi connectivity index (χ0v) is 12.5. The van der Waals surface area contributed by atoms with Crippen molar-refractivity contribution in [1.29, 1.82) is 0 Å². The van der Waals surface area contributed by atoms with Gasteiger partial charge >= 0.3 is 0 Å². The maximum absolute atomic E-state index is 4.24. The van der Waals surface area contributed by atoms with E-state index in [4.69, 9.17) is 0 Å². The molecule has 1 aromatic carbocycles. The third-order valence-electron chi connectivity index (χ3n) is 3.73. The number of aromatic nitrogens is 3. The fourth-order valence-electron chi connectivity index (χ4n) is 2.48. The van der Waals surface area contributed by atoms with Crippen LogP contribution in [0.5, 0.6) is 0 Å². The summed E-state index contributed by atoms with van der Waals surface area (Å²) in [6, 6.07) is 12.5. The van der Waals surface area contributed by atoms with E-state index in [1.165, 1.54) is 16.7 Å². The second-order valence-corrected chi connectivity index (χ2v) is 5.40. The molecule has 0 fully saturated rings. The highest BCUT2D eigenvalue weighted by Crippen LogP contribution is 2.10. The molecule has 1 N–H and O–H groups in total. The predicted octanol–water partition coefficient (Wildman–Crippen LogP) is 2.68. The Bertz CT molecular complexity index is 745. The summed E-state index contributed by atoms with van der Waals surface area (Å²) in [6.45, 7) is 6.07. The van der Waals surface area contributed by atoms with Gasteiger partial charge in [-0.3, -0.25) is 4.40 Å². The summed E-state index contributed by atoms with van der Waals surface area (Å²) in [5, 5.41) is 11.9. The molecular formula is C17H20N4. The number of nitrogens with zero attached hydrogens (tertiary/aromatic N) is 3. The van der Waals surface area contributed by atoms with Crippen molar-refractivity contribution in [3.8, 4) is 0 Å². The number of aryl methyl sites for hydroxylation is 2. The van der Waals surface area contributed by atoms with Crippen LogP contribution in [0.15, 0.2) is 42.6 Å². The second kappa shape index (κ2) is 6.06. The molecule has 0 aliphatic carbocycles. The molecule has 4 nitrogen and oxygen atoms in total. The van der Waals surface area contributed by atoms with Crippen molar-refractivity contribution in [2.75, 3.05) is 6.54 Å². The molecule has 4 heteroatoms. The molecular weight excluding hydrogens is 260 g/mol. The van der Waals surface area contributed by atoms with Gasteiger partial charge in [0.05, 0.1) is 0 Å². The number of benzene rings is 1. The quantitative estimate of drug-likeness (QED) is 0.731. The van der Waals surface area contributed by atoms with Crippen molar-refractivity contribution in [2.45, 2.75) is 26.8 Å². The van der Waals surface area contributed by atoms with Crippen LogP contribution >= 0.6 is 0 Å². The molecule has 0 atom stereocenters. The summed E-state index contributed by atoms with van der Waals surface area (Å²) >= 11 is 0. The Morgan fingerprint density at radius 3 is 2.90 bits per heavy atom. The van der Waals surface area contributed by atoms with Crippen molar-refractivity contribution in [1.82, 2.24) is 19.9 Å². The van der Waals surface area contributed by atoms with E-state index in [0.29, 0.717) is 0 Å². The van der Waals surface area contributed by atoms with E-state index in [0.717, 1.165) is 31.0 Å². The standard InChI is InChI=1S/C17H20N4/c1-13-6-7-14(2)15(11-13)12-18-9-8-17-20-19-16-5-3-4-10-21(16)17/h3-7,10-11,18H,8-9,12H2,1-2H3. The molecule has 108 valence electrons. The first-order valence-electron chi connectivity index (χ1n) is 7.29. The van der Waals surface area contributed by atoms with Crippen LogP contribution in [-0.4, -0.2) is 21.1 Å². The average molecular weight is 280 g/mol. The van der Waals surface area contributed by atoms with Crippen molar-refractivity contribution >= 4 is 5.65 Å². The van der Waals surface area contributed by atoms with Crippen LogP contribution in [0.1, 0.15) is 22.5 Å². The maximum Gasteiger partial charge on any atom is 0.160 e. The van der Waals surface area contributed by atoms with Crippen LogP contribution in [0.25, 0.3) is 5.65 Å². The molecule has 0 saturated carbocycles. The lowest BCUT2D eigenvalue weighted by Gasteiger charge is -2.08. The highest BCUT2D eigenvalue weighted by atomic mass is 15.2. The lowest BCUT2D eigenvalue weighted by atomic mass is 10.1. The van der Waals surface area contributed by atoms with Gasteiger partial charge in [-0.05, 0) is 37.1 Å². The Labute approximate surface area is 124 Å². The minimum atomic E-state index is 0.871. The van der Waals surface area contributed by atoms with E-state index in [2.05, 4.69) is 47.6 Å². The van der Waals surface area contributed by atoms with Gasteiger partial charge in [-0.2, -0.15) is 0 Å². The molecule has 0 bridgehead atoms. The first-order chi connectivity index (χ1) is 10.2. The topological polar surface area (TPSA) is 42.2 Å². The third-order valence-corrected chi connectivity index (χ3v) is 3.73. The van der Waals surface area contributed by atoms with Crippen LogP contribution in [0.4, 0.5) is 0 Å². The number of rotatable bonds is 5. The molecule has 21 heavy (non-hydrogen) atoms. The highest BCUT2D eigenvalue weighted by molar-refractivity contribution is 5.37. The first kappa shape index (κ1) is 13.8. The fraction of sp³-hybridized carbons (Fsp3) is 0.294. The monoisotopic (exact) mass is 280 g/mol. The van der Waals surface area contributed by atoms with Crippen LogP contribution < -0.4 is 5.32 Å². The van der Waals surface area contributed by atoms with E-state index >= 15 is 0 Å². The number of hydrogen-bond donors (Lipinski definition) is 1. The van der Waals surface area contributed by atoms with E-state index in [1.807, 2.05) is 28.8 Å². The lowest BCUT2D eigenvalue weighted by molar-refractivity contribution is 0.664. The van der Waals surface area contributed by atoms with E-state index in [1.54, 1.807) is 0 Å². The van der Waals surface area contributed by atoms with Gasteiger partial charge in [-0.15, -0.1) is 10.2 Å². The normalized spacial score (nSPS) is 11.1. The molecule has 0 amide bonds. The van der Waals surface area contributed by atoms with Crippen molar-refractivity contribution < 1.29 is 0 Å². The smallest absolute Gasteiger partial charge is 0.160 e. The Balaban J connectivity index is 1.58.